The van der Waals surface area contributed by atoms with Crippen molar-refractivity contribution in [2.45, 2.75) is 76.4 Å². The second-order valence-electron chi connectivity index (χ2n) is 9.04. The summed E-state index contributed by atoms with van der Waals surface area (Å²) in [6.07, 6.45) is 19.3. The maximum atomic E-state index is 6.46. The lowest BCUT2D eigenvalue weighted by molar-refractivity contribution is 0.0839. The Labute approximate surface area is 183 Å². The summed E-state index contributed by atoms with van der Waals surface area (Å²) in [5.41, 5.74) is 1.90. The molecule has 30 heavy (non-hydrogen) atoms. The number of halogens is 1. The second-order valence-corrected chi connectivity index (χ2v) is 9.38. The molecule has 3 aliphatic rings. The number of aromatic nitrogens is 4. The van der Waals surface area contributed by atoms with E-state index >= 15 is 0 Å². The zero-order chi connectivity index (χ0) is 20.6. The third-order valence-corrected chi connectivity index (χ3v) is 7.38. The Morgan fingerprint density at radius 2 is 1.93 bits per heavy atom. The summed E-state index contributed by atoms with van der Waals surface area (Å²) in [5.74, 6) is 0.822. The Bertz CT molecular complexity index is 938. The first-order chi connectivity index (χ1) is 14.7. The molecule has 2 fully saturated rings. The molecule has 1 saturated carbocycles. The van der Waals surface area contributed by atoms with E-state index in [0.717, 1.165) is 35.9 Å². The van der Waals surface area contributed by atoms with Gasteiger partial charge in [-0.05, 0) is 55.4 Å². The number of hydrogen-bond donors (Lipinski definition) is 0. The SMILES string of the molecule is CCCCC1CCN(C2(c3nc(Cl)nc4c3ncn4C3CCCC3)C=CC=N2)CC1. The quantitative estimate of drug-likeness (QED) is 0.589. The molecule has 1 saturated heterocycles. The molecule has 7 heteroatoms. The molecule has 0 bridgehead atoms. The van der Waals surface area contributed by atoms with E-state index in [1.807, 2.05) is 18.6 Å². The number of rotatable bonds is 6. The van der Waals surface area contributed by atoms with Gasteiger partial charge in [0.1, 0.15) is 11.2 Å². The van der Waals surface area contributed by atoms with E-state index < -0.39 is 5.66 Å². The van der Waals surface area contributed by atoms with Crippen molar-refractivity contribution >= 4 is 29.0 Å². The third kappa shape index (κ3) is 3.48. The normalized spacial score (nSPS) is 25.8. The minimum Gasteiger partial charge on any atom is -0.312 e. The minimum absolute atomic E-state index is 0.282. The number of allylic oxidation sites excluding steroid dienone is 1. The van der Waals surface area contributed by atoms with E-state index in [4.69, 9.17) is 26.6 Å². The van der Waals surface area contributed by atoms with Gasteiger partial charge < -0.3 is 4.57 Å². The molecular weight excluding hydrogens is 396 g/mol. The maximum Gasteiger partial charge on any atom is 0.224 e. The minimum atomic E-state index is -0.616. The van der Waals surface area contributed by atoms with Crippen LogP contribution in [0.5, 0.6) is 0 Å². The van der Waals surface area contributed by atoms with Gasteiger partial charge in [0, 0.05) is 25.3 Å². The number of hydrogen-bond acceptors (Lipinski definition) is 5. The smallest absolute Gasteiger partial charge is 0.224 e. The summed E-state index contributed by atoms with van der Waals surface area (Å²) in [7, 11) is 0. The number of piperidine rings is 1. The van der Waals surface area contributed by atoms with Crippen LogP contribution in [0.25, 0.3) is 11.2 Å². The first-order valence-corrected chi connectivity index (χ1v) is 12.0. The molecule has 2 aliphatic heterocycles. The van der Waals surface area contributed by atoms with Gasteiger partial charge in [0.25, 0.3) is 0 Å². The van der Waals surface area contributed by atoms with E-state index in [0.29, 0.717) is 6.04 Å². The van der Waals surface area contributed by atoms with E-state index in [-0.39, 0.29) is 5.28 Å². The first kappa shape index (κ1) is 20.1. The largest absolute Gasteiger partial charge is 0.312 e. The standard InChI is InChI=1S/C23H31ClN6/c1-2-3-7-17-10-14-29(15-11-17)23(12-6-13-26-23)20-19-21(28-22(24)27-20)30(16-25-19)18-8-4-5-9-18/h6,12-13,16-18H,2-5,7-11,14-15H2,1H3. The van der Waals surface area contributed by atoms with Crippen molar-refractivity contribution in [1.82, 2.24) is 24.4 Å². The van der Waals surface area contributed by atoms with E-state index in [1.54, 1.807) is 0 Å². The molecule has 0 spiro atoms. The number of fused-ring (bicyclic) bond motifs is 1. The molecule has 2 aromatic rings. The van der Waals surface area contributed by atoms with E-state index in [9.17, 15) is 0 Å². The summed E-state index contributed by atoms with van der Waals surface area (Å²) in [5, 5.41) is 0.282. The molecule has 0 radical (unpaired) electrons. The van der Waals surface area contributed by atoms with E-state index in [2.05, 4.69) is 27.5 Å². The highest BCUT2D eigenvalue weighted by atomic mass is 35.5. The lowest BCUT2D eigenvalue weighted by atomic mass is 9.89. The fourth-order valence-electron chi connectivity index (χ4n) is 5.51. The number of imidazole rings is 1. The highest BCUT2D eigenvalue weighted by Gasteiger charge is 2.43. The Morgan fingerprint density at radius 1 is 1.13 bits per heavy atom. The van der Waals surface area contributed by atoms with Crippen LogP contribution in [0, 0.1) is 5.92 Å². The van der Waals surface area contributed by atoms with Gasteiger partial charge in [0.05, 0.1) is 6.33 Å². The van der Waals surface area contributed by atoms with Crippen molar-refractivity contribution in [2.24, 2.45) is 10.9 Å². The van der Waals surface area contributed by atoms with Crippen LogP contribution < -0.4 is 0 Å². The van der Waals surface area contributed by atoms with Crippen LogP contribution in [0.3, 0.4) is 0 Å². The van der Waals surface area contributed by atoms with Gasteiger partial charge >= 0.3 is 0 Å². The Balaban J connectivity index is 1.51. The number of unbranched alkanes of at least 4 members (excludes halogenated alkanes) is 1. The molecular formula is C23H31ClN6. The zero-order valence-corrected chi connectivity index (χ0v) is 18.6. The molecule has 2 aromatic heterocycles. The predicted octanol–water partition coefficient (Wildman–Crippen LogP) is 5.29. The van der Waals surface area contributed by atoms with Crippen LogP contribution in [0.15, 0.2) is 23.5 Å². The van der Waals surface area contributed by atoms with Crippen molar-refractivity contribution in [3.8, 4) is 0 Å². The maximum absolute atomic E-state index is 6.46. The number of aliphatic imine (C=N–C) groups is 1. The van der Waals surface area contributed by atoms with Crippen LogP contribution in [0.4, 0.5) is 0 Å². The number of nitrogens with zero attached hydrogens (tertiary/aromatic N) is 6. The molecule has 6 nitrogen and oxygen atoms in total. The van der Waals surface area contributed by atoms with Crippen LogP contribution in [0.2, 0.25) is 5.28 Å². The zero-order valence-electron chi connectivity index (χ0n) is 17.8. The molecule has 4 heterocycles. The Hall–Kier alpha value is -1.79. The molecule has 1 atom stereocenters. The molecule has 1 aliphatic carbocycles. The molecule has 0 amide bonds. The molecule has 5 rings (SSSR count). The number of likely N-dealkylation sites (tertiary alicyclic amines) is 1. The van der Waals surface area contributed by atoms with Crippen LogP contribution >= 0.6 is 11.6 Å². The summed E-state index contributed by atoms with van der Waals surface area (Å²) >= 11 is 6.46. The topological polar surface area (TPSA) is 59.2 Å². The van der Waals surface area contributed by atoms with Gasteiger partial charge in [-0.3, -0.25) is 9.89 Å². The van der Waals surface area contributed by atoms with Gasteiger partial charge in [-0.1, -0.05) is 39.0 Å². The van der Waals surface area contributed by atoms with Crippen LogP contribution in [-0.4, -0.2) is 43.7 Å². The van der Waals surface area contributed by atoms with E-state index in [1.165, 1.54) is 57.8 Å². The van der Waals surface area contributed by atoms with Gasteiger partial charge in [0.2, 0.25) is 5.28 Å². The van der Waals surface area contributed by atoms with Gasteiger partial charge in [0.15, 0.2) is 11.3 Å². The van der Waals surface area contributed by atoms with Crippen molar-refractivity contribution in [2.75, 3.05) is 13.1 Å². The lowest BCUT2D eigenvalue weighted by Crippen LogP contribution is -2.47. The fourth-order valence-corrected chi connectivity index (χ4v) is 5.67. The molecule has 0 aromatic carbocycles. The van der Waals surface area contributed by atoms with Crippen molar-refractivity contribution in [1.29, 1.82) is 0 Å². The fraction of sp³-hybridized carbons (Fsp3) is 0.652. The summed E-state index contributed by atoms with van der Waals surface area (Å²) < 4.78 is 2.21. The molecule has 160 valence electrons. The van der Waals surface area contributed by atoms with Gasteiger partial charge in [-0.2, -0.15) is 4.98 Å². The summed E-state index contributed by atoms with van der Waals surface area (Å²) in [6.45, 7) is 4.31. The highest BCUT2D eigenvalue weighted by Crippen LogP contribution is 2.41. The Morgan fingerprint density at radius 3 is 2.63 bits per heavy atom. The van der Waals surface area contributed by atoms with Crippen molar-refractivity contribution in [3.63, 3.8) is 0 Å². The molecule has 0 N–H and O–H groups in total. The molecule has 1 unspecified atom stereocenters. The monoisotopic (exact) mass is 426 g/mol. The van der Waals surface area contributed by atoms with Gasteiger partial charge in [-0.15, -0.1) is 0 Å². The lowest BCUT2D eigenvalue weighted by Gasteiger charge is -2.41. The average molecular weight is 427 g/mol. The first-order valence-electron chi connectivity index (χ1n) is 11.6. The van der Waals surface area contributed by atoms with Crippen LogP contribution in [-0.2, 0) is 5.66 Å². The predicted molar refractivity (Wildman–Crippen MR) is 121 cm³/mol. The highest BCUT2D eigenvalue weighted by molar-refractivity contribution is 6.28. The van der Waals surface area contributed by atoms with Crippen molar-refractivity contribution < 1.29 is 0 Å². The summed E-state index contributed by atoms with van der Waals surface area (Å²) in [4.78, 5) is 21.5. The Kier molecular flexibility index (Phi) is 5.63. The second kappa shape index (κ2) is 8.39. The van der Waals surface area contributed by atoms with Crippen LogP contribution in [0.1, 0.15) is 76.4 Å². The third-order valence-electron chi connectivity index (χ3n) is 7.21. The van der Waals surface area contributed by atoms with Crippen molar-refractivity contribution in [3.05, 3.63) is 29.5 Å². The average Bonchev–Trinajstić information content (AvgIpc) is 3.52. The summed E-state index contributed by atoms with van der Waals surface area (Å²) in [6, 6.07) is 0.460. The van der Waals surface area contributed by atoms with Gasteiger partial charge in [-0.25, -0.2) is 9.97 Å².